The number of rotatable bonds is 7. The largest absolute Gasteiger partial charge is 0.370 e. The number of morpholine rings is 1. The van der Waals surface area contributed by atoms with E-state index in [1.807, 2.05) is 24.3 Å². The number of benzene rings is 2. The number of anilines is 1. The highest BCUT2D eigenvalue weighted by atomic mass is 19.1. The van der Waals surface area contributed by atoms with Gasteiger partial charge < -0.3 is 20.3 Å². The van der Waals surface area contributed by atoms with Crippen molar-refractivity contribution in [2.75, 3.05) is 38.2 Å². The molecule has 1 aliphatic rings. The topological polar surface area (TPSA) is 59.4 Å². The van der Waals surface area contributed by atoms with Gasteiger partial charge in [0.15, 0.2) is 6.54 Å². The molecule has 0 radical (unpaired) electrons. The molecule has 0 aliphatic carbocycles. The van der Waals surface area contributed by atoms with Gasteiger partial charge in [-0.15, -0.1) is 0 Å². The Morgan fingerprint density at radius 3 is 2.57 bits per heavy atom. The van der Waals surface area contributed by atoms with E-state index in [1.54, 1.807) is 12.2 Å². The van der Waals surface area contributed by atoms with Crippen LogP contribution >= 0.6 is 0 Å². The number of carbonyl (C=O) groups excluding carboxylic acids is 1. The number of hydrogen-bond donors (Lipinski definition) is 3. The molecule has 1 fully saturated rings. The van der Waals surface area contributed by atoms with Gasteiger partial charge in [0.25, 0.3) is 5.91 Å². The molecule has 28 heavy (non-hydrogen) atoms. The Morgan fingerprint density at radius 1 is 1.18 bits per heavy atom. The number of nitrogens with one attached hydrogen (secondary N) is 2. The standard InChI is InChI=1S/C21H25F2N3O2/c1-15(19-7-4-17(22)12-20(19)23)24-13-21(27)25-18-5-2-16(3-6-18)14-26-8-10-28-11-9-26/h2-7,12,15,24H,8-11,13-14H2,1H3,(H,25,27)/p+2/t15-/m1/s1. The fraction of sp³-hybridized carbons (Fsp3) is 0.381. The Morgan fingerprint density at radius 2 is 1.89 bits per heavy atom. The lowest BCUT2D eigenvalue weighted by atomic mass is 10.1. The summed E-state index contributed by atoms with van der Waals surface area (Å²) >= 11 is 0. The van der Waals surface area contributed by atoms with Crippen LogP contribution in [0.1, 0.15) is 24.1 Å². The number of amides is 1. The van der Waals surface area contributed by atoms with E-state index in [-0.39, 0.29) is 18.5 Å². The molecule has 5 nitrogen and oxygen atoms in total. The maximum Gasteiger partial charge on any atom is 0.279 e. The Bertz CT molecular complexity index is 793. The highest BCUT2D eigenvalue weighted by molar-refractivity contribution is 5.91. The SMILES string of the molecule is C[C@@H]([NH2+]CC(=O)Nc1ccc(C[NH+]2CCOCC2)cc1)c1ccc(F)cc1F. The van der Waals surface area contributed by atoms with Crippen LogP contribution in [0.4, 0.5) is 14.5 Å². The molecule has 1 saturated heterocycles. The lowest BCUT2D eigenvalue weighted by Crippen LogP contribution is -3.12. The summed E-state index contributed by atoms with van der Waals surface area (Å²) < 4.78 is 32.2. The number of halogens is 2. The predicted octanol–water partition coefficient (Wildman–Crippen LogP) is 0.643. The van der Waals surface area contributed by atoms with Crippen LogP contribution in [-0.4, -0.2) is 38.8 Å². The van der Waals surface area contributed by atoms with Gasteiger partial charge in [0.05, 0.1) is 13.2 Å². The normalized spacial score (nSPS) is 16.0. The van der Waals surface area contributed by atoms with Crippen LogP contribution < -0.4 is 15.5 Å². The monoisotopic (exact) mass is 391 g/mol. The molecule has 0 saturated carbocycles. The first-order valence-corrected chi connectivity index (χ1v) is 9.59. The third-order valence-electron chi connectivity index (χ3n) is 5.00. The van der Waals surface area contributed by atoms with E-state index < -0.39 is 11.6 Å². The van der Waals surface area contributed by atoms with Crippen molar-refractivity contribution in [1.29, 1.82) is 0 Å². The summed E-state index contributed by atoms with van der Waals surface area (Å²) in [4.78, 5) is 13.7. The van der Waals surface area contributed by atoms with Gasteiger partial charge in [-0.25, -0.2) is 8.78 Å². The van der Waals surface area contributed by atoms with Crippen LogP contribution in [0.3, 0.4) is 0 Å². The molecule has 2 aromatic rings. The van der Waals surface area contributed by atoms with Crippen molar-refractivity contribution in [2.24, 2.45) is 0 Å². The molecule has 1 amide bonds. The predicted molar refractivity (Wildman–Crippen MR) is 102 cm³/mol. The van der Waals surface area contributed by atoms with Gasteiger partial charge in [0.2, 0.25) is 0 Å². The molecule has 1 aliphatic heterocycles. The molecule has 1 atom stereocenters. The molecule has 0 bridgehead atoms. The van der Waals surface area contributed by atoms with Crippen molar-refractivity contribution in [3.8, 4) is 0 Å². The zero-order chi connectivity index (χ0) is 19.9. The minimum atomic E-state index is -0.607. The fourth-order valence-corrected chi connectivity index (χ4v) is 3.33. The van der Waals surface area contributed by atoms with Crippen LogP contribution in [0.5, 0.6) is 0 Å². The summed E-state index contributed by atoms with van der Waals surface area (Å²) in [6, 6.07) is 11.1. The number of ether oxygens (including phenoxy) is 1. The van der Waals surface area contributed by atoms with Gasteiger partial charge in [0, 0.05) is 22.9 Å². The summed E-state index contributed by atoms with van der Waals surface area (Å²) in [5.74, 6) is -1.37. The van der Waals surface area contributed by atoms with Crippen molar-refractivity contribution in [2.45, 2.75) is 19.5 Å². The third kappa shape index (κ3) is 5.82. The van der Waals surface area contributed by atoms with E-state index in [4.69, 9.17) is 4.74 Å². The Balaban J connectivity index is 1.46. The molecule has 7 heteroatoms. The molecule has 3 rings (SSSR count). The van der Waals surface area contributed by atoms with E-state index >= 15 is 0 Å². The van der Waals surface area contributed by atoms with Crippen LogP contribution in [0.15, 0.2) is 42.5 Å². The number of nitrogens with two attached hydrogens (primary N) is 1. The van der Waals surface area contributed by atoms with Crippen LogP contribution in [0.25, 0.3) is 0 Å². The second kappa shape index (κ2) is 9.73. The molecular weight excluding hydrogens is 364 g/mol. The Kier molecular flexibility index (Phi) is 7.08. The highest BCUT2D eigenvalue weighted by Crippen LogP contribution is 2.14. The second-order valence-corrected chi connectivity index (χ2v) is 7.18. The van der Waals surface area contributed by atoms with Crippen molar-refractivity contribution in [1.82, 2.24) is 0 Å². The molecule has 0 aromatic heterocycles. The third-order valence-corrected chi connectivity index (χ3v) is 5.00. The molecule has 2 aromatic carbocycles. The van der Waals surface area contributed by atoms with E-state index in [1.165, 1.54) is 22.6 Å². The van der Waals surface area contributed by atoms with Crippen LogP contribution in [0.2, 0.25) is 0 Å². The minimum Gasteiger partial charge on any atom is -0.370 e. The Labute approximate surface area is 163 Å². The average Bonchev–Trinajstić information content (AvgIpc) is 2.68. The van der Waals surface area contributed by atoms with Gasteiger partial charge in [-0.1, -0.05) is 12.1 Å². The summed E-state index contributed by atoms with van der Waals surface area (Å²) in [5, 5.41) is 4.58. The number of quaternary nitrogens is 2. The van der Waals surface area contributed by atoms with E-state index in [0.717, 1.165) is 44.6 Å². The molecule has 0 unspecified atom stereocenters. The first-order valence-electron chi connectivity index (χ1n) is 9.59. The number of carbonyl (C=O) groups is 1. The van der Waals surface area contributed by atoms with Crippen molar-refractivity contribution < 1.29 is 28.5 Å². The van der Waals surface area contributed by atoms with Gasteiger partial charge in [-0.2, -0.15) is 0 Å². The van der Waals surface area contributed by atoms with E-state index in [2.05, 4.69) is 5.32 Å². The first kappa shape index (κ1) is 20.4. The van der Waals surface area contributed by atoms with Crippen LogP contribution in [0, 0.1) is 11.6 Å². The summed E-state index contributed by atoms with van der Waals surface area (Å²) in [6.07, 6.45) is 0. The van der Waals surface area contributed by atoms with Gasteiger partial charge in [-0.05, 0) is 31.2 Å². The summed E-state index contributed by atoms with van der Waals surface area (Å²) in [7, 11) is 0. The van der Waals surface area contributed by atoms with E-state index in [0.29, 0.717) is 5.56 Å². The van der Waals surface area contributed by atoms with E-state index in [9.17, 15) is 13.6 Å². The van der Waals surface area contributed by atoms with Crippen molar-refractivity contribution in [3.63, 3.8) is 0 Å². The number of hydrogen-bond acceptors (Lipinski definition) is 2. The summed E-state index contributed by atoms with van der Waals surface area (Å²) in [5.41, 5.74) is 2.34. The second-order valence-electron chi connectivity index (χ2n) is 7.18. The first-order chi connectivity index (χ1) is 13.5. The smallest absolute Gasteiger partial charge is 0.279 e. The quantitative estimate of drug-likeness (QED) is 0.649. The fourth-order valence-electron chi connectivity index (χ4n) is 3.33. The average molecular weight is 391 g/mol. The van der Waals surface area contributed by atoms with Crippen molar-refractivity contribution >= 4 is 11.6 Å². The molecular formula is C21H27F2N3O2+2. The lowest BCUT2D eigenvalue weighted by Gasteiger charge is -2.23. The highest BCUT2D eigenvalue weighted by Gasteiger charge is 2.17. The van der Waals surface area contributed by atoms with Gasteiger partial charge in [0.1, 0.15) is 37.3 Å². The summed E-state index contributed by atoms with van der Waals surface area (Å²) in [6.45, 7) is 6.53. The maximum absolute atomic E-state index is 13.8. The van der Waals surface area contributed by atoms with Gasteiger partial charge in [-0.3, -0.25) is 4.79 Å². The lowest BCUT2D eigenvalue weighted by molar-refractivity contribution is -0.921. The molecule has 0 spiro atoms. The van der Waals surface area contributed by atoms with Crippen molar-refractivity contribution in [3.05, 3.63) is 65.2 Å². The zero-order valence-corrected chi connectivity index (χ0v) is 16.0. The molecule has 4 N–H and O–H groups in total. The minimum absolute atomic E-state index is 0.150. The van der Waals surface area contributed by atoms with Gasteiger partial charge >= 0.3 is 0 Å². The molecule has 1 heterocycles. The molecule has 150 valence electrons. The maximum atomic E-state index is 13.8. The van der Waals surface area contributed by atoms with Crippen LogP contribution in [-0.2, 0) is 16.1 Å². The zero-order valence-electron chi connectivity index (χ0n) is 16.0. The Hall–Kier alpha value is -2.35.